The Hall–Kier alpha value is -2.60. The molecule has 23 heavy (non-hydrogen) atoms. The summed E-state index contributed by atoms with van der Waals surface area (Å²) in [7, 11) is 0. The van der Waals surface area contributed by atoms with Gasteiger partial charge in [-0.25, -0.2) is 4.39 Å². The second kappa shape index (κ2) is 7.60. The summed E-state index contributed by atoms with van der Waals surface area (Å²) in [6.07, 6.45) is 0. The molecule has 0 atom stereocenters. The highest BCUT2D eigenvalue weighted by atomic mass is 35.5. The van der Waals surface area contributed by atoms with Crippen LogP contribution in [0, 0.1) is 5.82 Å². The predicted molar refractivity (Wildman–Crippen MR) is 89.3 cm³/mol. The molecule has 3 N–H and O–H groups in total. The highest BCUT2D eigenvalue weighted by Crippen LogP contribution is 2.25. The standard InChI is InChI=1S/C16H15ClFN3O2/c1-10(22)20-14-7-6-11(17)8-15(14)19-9-16(23)21-13-5-3-2-4-12(13)18/h2-8,19H,9H2,1H3,(H,20,22)(H,21,23). The maximum atomic E-state index is 13.5. The van der Waals surface area contributed by atoms with E-state index >= 15 is 0 Å². The van der Waals surface area contributed by atoms with Gasteiger partial charge in [-0.15, -0.1) is 0 Å². The van der Waals surface area contributed by atoms with Crippen molar-refractivity contribution in [2.45, 2.75) is 6.92 Å². The maximum Gasteiger partial charge on any atom is 0.243 e. The molecule has 0 radical (unpaired) electrons. The lowest BCUT2D eigenvalue weighted by atomic mass is 10.2. The zero-order valence-corrected chi connectivity index (χ0v) is 13.1. The van der Waals surface area contributed by atoms with Crippen LogP contribution in [0.2, 0.25) is 5.02 Å². The number of amides is 2. The van der Waals surface area contributed by atoms with E-state index in [1.807, 2.05) is 0 Å². The van der Waals surface area contributed by atoms with Crippen molar-refractivity contribution in [3.8, 4) is 0 Å². The van der Waals surface area contributed by atoms with Crippen LogP contribution in [-0.4, -0.2) is 18.4 Å². The Morgan fingerprint density at radius 3 is 2.48 bits per heavy atom. The maximum absolute atomic E-state index is 13.5. The van der Waals surface area contributed by atoms with Crippen molar-refractivity contribution in [3.63, 3.8) is 0 Å². The molecule has 0 bridgehead atoms. The fraction of sp³-hybridized carbons (Fsp3) is 0.125. The van der Waals surface area contributed by atoms with E-state index < -0.39 is 11.7 Å². The van der Waals surface area contributed by atoms with Gasteiger partial charge in [0.1, 0.15) is 5.82 Å². The van der Waals surface area contributed by atoms with E-state index in [0.29, 0.717) is 16.4 Å². The number of para-hydroxylation sites is 1. The zero-order chi connectivity index (χ0) is 16.8. The molecule has 0 saturated heterocycles. The van der Waals surface area contributed by atoms with Gasteiger partial charge in [0.2, 0.25) is 11.8 Å². The minimum absolute atomic E-state index is 0.104. The first-order valence-electron chi connectivity index (χ1n) is 6.81. The first-order chi connectivity index (χ1) is 11.0. The third-order valence-corrected chi connectivity index (χ3v) is 3.11. The Morgan fingerprint density at radius 1 is 1.04 bits per heavy atom. The zero-order valence-electron chi connectivity index (χ0n) is 12.3. The number of benzene rings is 2. The van der Waals surface area contributed by atoms with Crippen LogP contribution in [0.5, 0.6) is 0 Å². The van der Waals surface area contributed by atoms with Crippen LogP contribution in [0.3, 0.4) is 0 Å². The number of carbonyl (C=O) groups is 2. The van der Waals surface area contributed by atoms with Crippen molar-refractivity contribution in [2.75, 3.05) is 22.5 Å². The molecule has 0 fully saturated rings. The summed E-state index contributed by atoms with van der Waals surface area (Å²) in [6, 6.07) is 10.7. The van der Waals surface area contributed by atoms with E-state index in [2.05, 4.69) is 16.0 Å². The van der Waals surface area contributed by atoms with Gasteiger partial charge < -0.3 is 16.0 Å². The first kappa shape index (κ1) is 16.8. The normalized spacial score (nSPS) is 10.0. The molecule has 2 amide bonds. The molecule has 0 aliphatic rings. The van der Waals surface area contributed by atoms with Gasteiger partial charge in [0, 0.05) is 11.9 Å². The molecular weight excluding hydrogens is 321 g/mol. The number of rotatable bonds is 5. The summed E-state index contributed by atoms with van der Waals surface area (Å²) in [5.74, 6) is -1.18. The van der Waals surface area contributed by atoms with E-state index in [-0.39, 0.29) is 18.1 Å². The first-order valence-corrected chi connectivity index (χ1v) is 7.19. The molecule has 7 heteroatoms. The van der Waals surface area contributed by atoms with Gasteiger partial charge in [-0.1, -0.05) is 23.7 Å². The van der Waals surface area contributed by atoms with Crippen LogP contribution >= 0.6 is 11.6 Å². The minimum atomic E-state index is -0.512. The molecular formula is C16H15ClFN3O2. The van der Waals surface area contributed by atoms with Crippen molar-refractivity contribution in [1.82, 2.24) is 0 Å². The molecule has 0 aliphatic carbocycles. The summed E-state index contributed by atoms with van der Waals surface area (Å²) in [5, 5.41) is 8.41. The SMILES string of the molecule is CC(=O)Nc1ccc(Cl)cc1NCC(=O)Nc1ccccc1F. The third-order valence-electron chi connectivity index (χ3n) is 2.88. The topological polar surface area (TPSA) is 70.2 Å². The third kappa shape index (κ3) is 4.96. The molecule has 0 heterocycles. The number of halogens is 2. The monoisotopic (exact) mass is 335 g/mol. The van der Waals surface area contributed by atoms with Crippen LogP contribution in [-0.2, 0) is 9.59 Å². The summed E-state index contributed by atoms with van der Waals surface area (Å²) >= 11 is 5.92. The highest BCUT2D eigenvalue weighted by Gasteiger charge is 2.09. The largest absolute Gasteiger partial charge is 0.374 e. The molecule has 0 saturated carbocycles. The van der Waals surface area contributed by atoms with Crippen molar-refractivity contribution < 1.29 is 14.0 Å². The Bertz CT molecular complexity index is 737. The van der Waals surface area contributed by atoms with Crippen molar-refractivity contribution in [2.24, 2.45) is 0 Å². The molecule has 2 rings (SSSR count). The number of hydrogen-bond acceptors (Lipinski definition) is 3. The Kier molecular flexibility index (Phi) is 5.54. The summed E-state index contributed by atoms with van der Waals surface area (Å²) < 4.78 is 13.5. The van der Waals surface area contributed by atoms with E-state index in [1.165, 1.54) is 25.1 Å². The Morgan fingerprint density at radius 2 is 1.78 bits per heavy atom. The van der Waals surface area contributed by atoms with Crippen LogP contribution in [0.15, 0.2) is 42.5 Å². The smallest absolute Gasteiger partial charge is 0.243 e. The van der Waals surface area contributed by atoms with Gasteiger partial charge in [0.15, 0.2) is 0 Å². The summed E-state index contributed by atoms with van der Waals surface area (Å²) in [4.78, 5) is 23.1. The van der Waals surface area contributed by atoms with E-state index in [9.17, 15) is 14.0 Å². The Labute approximate surface area is 137 Å². The molecule has 0 unspecified atom stereocenters. The number of carbonyl (C=O) groups excluding carboxylic acids is 2. The van der Waals surface area contributed by atoms with Crippen molar-refractivity contribution in [3.05, 3.63) is 53.3 Å². The average molecular weight is 336 g/mol. The van der Waals surface area contributed by atoms with Crippen LogP contribution in [0.1, 0.15) is 6.92 Å². The predicted octanol–water partition coefficient (Wildman–Crippen LogP) is 3.49. The van der Waals surface area contributed by atoms with Crippen LogP contribution in [0.4, 0.5) is 21.5 Å². The Balaban J connectivity index is 2.02. The van der Waals surface area contributed by atoms with Gasteiger partial charge in [-0.2, -0.15) is 0 Å². The molecule has 2 aromatic rings. The fourth-order valence-corrected chi connectivity index (χ4v) is 2.07. The second-order valence-corrected chi connectivity index (χ2v) is 5.19. The van der Waals surface area contributed by atoms with E-state index in [4.69, 9.17) is 11.6 Å². The summed E-state index contributed by atoms with van der Waals surface area (Å²) in [6.45, 7) is 1.27. The van der Waals surface area contributed by atoms with Crippen molar-refractivity contribution in [1.29, 1.82) is 0 Å². The minimum Gasteiger partial charge on any atom is -0.374 e. The fourth-order valence-electron chi connectivity index (χ4n) is 1.89. The molecule has 0 spiro atoms. The highest BCUT2D eigenvalue weighted by molar-refractivity contribution is 6.31. The van der Waals surface area contributed by atoms with Gasteiger partial charge in [0.05, 0.1) is 23.6 Å². The number of hydrogen-bond donors (Lipinski definition) is 3. The molecule has 0 aliphatic heterocycles. The van der Waals surface area contributed by atoms with Gasteiger partial charge in [0.25, 0.3) is 0 Å². The van der Waals surface area contributed by atoms with Gasteiger partial charge in [-0.3, -0.25) is 9.59 Å². The molecule has 5 nitrogen and oxygen atoms in total. The van der Waals surface area contributed by atoms with Crippen molar-refractivity contribution >= 4 is 40.5 Å². The quantitative estimate of drug-likeness (QED) is 0.783. The lowest BCUT2D eigenvalue weighted by molar-refractivity contribution is -0.115. The lowest BCUT2D eigenvalue weighted by Crippen LogP contribution is -2.23. The van der Waals surface area contributed by atoms with E-state index in [0.717, 1.165) is 0 Å². The average Bonchev–Trinajstić information content (AvgIpc) is 2.49. The van der Waals surface area contributed by atoms with Gasteiger partial charge in [-0.05, 0) is 30.3 Å². The second-order valence-electron chi connectivity index (χ2n) is 4.75. The number of anilines is 3. The lowest BCUT2D eigenvalue weighted by Gasteiger charge is -2.13. The molecule has 120 valence electrons. The van der Waals surface area contributed by atoms with Crippen LogP contribution in [0.25, 0.3) is 0 Å². The van der Waals surface area contributed by atoms with Crippen LogP contribution < -0.4 is 16.0 Å². The number of nitrogens with one attached hydrogen (secondary N) is 3. The molecule has 2 aromatic carbocycles. The van der Waals surface area contributed by atoms with E-state index in [1.54, 1.807) is 24.3 Å². The van der Waals surface area contributed by atoms with Gasteiger partial charge >= 0.3 is 0 Å². The summed E-state index contributed by atoms with van der Waals surface area (Å²) in [5.41, 5.74) is 1.10. The molecule has 0 aromatic heterocycles.